The van der Waals surface area contributed by atoms with Crippen LogP contribution in [0.5, 0.6) is 11.5 Å². The minimum Gasteiger partial charge on any atom is -0.493 e. The van der Waals surface area contributed by atoms with E-state index in [9.17, 15) is 5.26 Å². The molecular weight excluding hydrogens is 340 g/mol. The molecule has 6 nitrogen and oxygen atoms in total. The van der Waals surface area contributed by atoms with Gasteiger partial charge in [-0.3, -0.25) is 9.97 Å². The first-order valence-electron chi connectivity index (χ1n) is 8.30. The maximum Gasteiger partial charge on any atom is 0.162 e. The lowest BCUT2D eigenvalue weighted by atomic mass is 10.1. The van der Waals surface area contributed by atoms with Gasteiger partial charge in [-0.25, -0.2) is 0 Å². The summed E-state index contributed by atoms with van der Waals surface area (Å²) in [5.74, 6) is 1.16. The van der Waals surface area contributed by atoms with E-state index in [0.29, 0.717) is 28.3 Å². The molecule has 6 heteroatoms. The van der Waals surface area contributed by atoms with Crippen LogP contribution in [-0.4, -0.2) is 24.2 Å². The highest BCUT2D eigenvalue weighted by Gasteiger charge is 2.14. The molecule has 4 aromatic rings. The van der Waals surface area contributed by atoms with Crippen LogP contribution in [0.4, 0.5) is 11.4 Å². The third-order valence-corrected chi connectivity index (χ3v) is 4.40. The van der Waals surface area contributed by atoms with Gasteiger partial charge in [-0.15, -0.1) is 0 Å². The van der Waals surface area contributed by atoms with Gasteiger partial charge in [0.15, 0.2) is 11.5 Å². The molecule has 132 valence electrons. The van der Waals surface area contributed by atoms with Gasteiger partial charge in [0.2, 0.25) is 0 Å². The van der Waals surface area contributed by atoms with Crippen molar-refractivity contribution in [3.63, 3.8) is 0 Å². The number of ether oxygens (including phenoxy) is 2. The van der Waals surface area contributed by atoms with Gasteiger partial charge in [-0.05, 0) is 30.3 Å². The first kappa shape index (κ1) is 16.6. The van der Waals surface area contributed by atoms with Crippen LogP contribution < -0.4 is 14.8 Å². The van der Waals surface area contributed by atoms with Crippen LogP contribution in [0.3, 0.4) is 0 Å². The highest BCUT2D eigenvalue weighted by Crippen LogP contribution is 2.37. The Kier molecular flexibility index (Phi) is 4.19. The summed E-state index contributed by atoms with van der Waals surface area (Å²) in [6.07, 6.45) is 3.31. The van der Waals surface area contributed by atoms with Crippen LogP contribution in [0.1, 0.15) is 5.56 Å². The Morgan fingerprint density at radius 1 is 0.926 bits per heavy atom. The predicted molar refractivity (Wildman–Crippen MR) is 105 cm³/mol. The van der Waals surface area contributed by atoms with Crippen molar-refractivity contribution in [2.24, 2.45) is 0 Å². The van der Waals surface area contributed by atoms with Crippen LogP contribution in [0.25, 0.3) is 21.8 Å². The Labute approximate surface area is 156 Å². The van der Waals surface area contributed by atoms with Gasteiger partial charge in [-0.1, -0.05) is 6.07 Å². The third kappa shape index (κ3) is 2.85. The molecule has 0 fully saturated rings. The second-order valence-electron chi connectivity index (χ2n) is 5.88. The second-order valence-corrected chi connectivity index (χ2v) is 5.88. The lowest BCUT2D eigenvalue weighted by molar-refractivity contribution is 0.356. The summed E-state index contributed by atoms with van der Waals surface area (Å²) >= 11 is 0. The number of nitriles is 1. The second kappa shape index (κ2) is 6.81. The zero-order chi connectivity index (χ0) is 18.8. The number of methoxy groups -OCH3 is 2. The molecule has 0 atom stereocenters. The number of aromatic nitrogens is 2. The smallest absolute Gasteiger partial charge is 0.162 e. The summed E-state index contributed by atoms with van der Waals surface area (Å²) in [5.41, 5.74) is 3.54. The fourth-order valence-corrected chi connectivity index (χ4v) is 3.09. The lowest BCUT2D eigenvalue weighted by Gasteiger charge is -2.15. The minimum absolute atomic E-state index is 0.440. The molecule has 0 saturated carbocycles. The fraction of sp³-hybridized carbons (Fsp3) is 0.0952. The standard InChI is InChI=1S/C21H16N4O2/c1-26-19-9-15-18(10-20(19)27-2)24-12-13(11-22)21(15)25-17-7-3-6-16-14(17)5-4-8-23-16/h3-10,12H,1-2H3,(H,24,25). The molecule has 0 unspecified atom stereocenters. The SMILES string of the molecule is COc1cc2ncc(C#N)c(Nc3cccc4ncccc34)c2cc1OC. The fourth-order valence-electron chi connectivity index (χ4n) is 3.09. The first-order chi connectivity index (χ1) is 13.2. The van der Waals surface area contributed by atoms with Crippen LogP contribution in [0.15, 0.2) is 54.9 Å². The Bertz CT molecular complexity index is 1190. The molecule has 1 N–H and O–H groups in total. The van der Waals surface area contributed by atoms with E-state index in [2.05, 4.69) is 21.4 Å². The minimum atomic E-state index is 0.440. The Balaban J connectivity index is 1.95. The molecule has 4 rings (SSSR count). The van der Waals surface area contributed by atoms with Gasteiger partial charge in [0.1, 0.15) is 6.07 Å². The summed E-state index contributed by atoms with van der Waals surface area (Å²) in [6, 6.07) is 15.5. The summed E-state index contributed by atoms with van der Waals surface area (Å²) in [7, 11) is 3.16. The maximum absolute atomic E-state index is 9.60. The molecule has 27 heavy (non-hydrogen) atoms. The van der Waals surface area contributed by atoms with Crippen molar-refractivity contribution >= 4 is 33.2 Å². The average Bonchev–Trinajstić information content (AvgIpc) is 2.73. The van der Waals surface area contributed by atoms with E-state index in [4.69, 9.17) is 9.47 Å². The number of rotatable bonds is 4. The van der Waals surface area contributed by atoms with Crippen molar-refractivity contribution in [2.75, 3.05) is 19.5 Å². The van der Waals surface area contributed by atoms with Gasteiger partial charge in [-0.2, -0.15) is 5.26 Å². The molecule has 0 aliphatic heterocycles. The van der Waals surface area contributed by atoms with Crippen molar-refractivity contribution < 1.29 is 9.47 Å². The first-order valence-corrected chi connectivity index (χ1v) is 8.30. The monoisotopic (exact) mass is 356 g/mol. The Morgan fingerprint density at radius 3 is 2.52 bits per heavy atom. The number of pyridine rings is 2. The molecule has 0 aliphatic carbocycles. The highest BCUT2D eigenvalue weighted by atomic mass is 16.5. The van der Waals surface area contributed by atoms with E-state index < -0.39 is 0 Å². The Hall–Kier alpha value is -3.85. The van der Waals surface area contributed by atoms with Gasteiger partial charge in [0.05, 0.1) is 36.5 Å². The molecular formula is C21H16N4O2. The molecule has 0 saturated heterocycles. The maximum atomic E-state index is 9.60. The lowest BCUT2D eigenvalue weighted by Crippen LogP contribution is -1.99. The van der Waals surface area contributed by atoms with E-state index >= 15 is 0 Å². The summed E-state index contributed by atoms with van der Waals surface area (Å²) in [5, 5.41) is 14.7. The third-order valence-electron chi connectivity index (χ3n) is 4.40. The molecule has 2 heterocycles. The van der Waals surface area contributed by atoms with Crippen molar-refractivity contribution in [3.05, 3.63) is 60.4 Å². The molecule has 0 radical (unpaired) electrons. The topological polar surface area (TPSA) is 80.1 Å². The van der Waals surface area contributed by atoms with E-state index in [1.807, 2.05) is 36.4 Å². The summed E-state index contributed by atoms with van der Waals surface area (Å²) < 4.78 is 10.8. The van der Waals surface area contributed by atoms with Gasteiger partial charge in [0, 0.05) is 34.9 Å². The van der Waals surface area contributed by atoms with E-state index in [0.717, 1.165) is 22.0 Å². The highest BCUT2D eigenvalue weighted by molar-refractivity contribution is 6.01. The number of fused-ring (bicyclic) bond motifs is 2. The average molecular weight is 356 g/mol. The number of benzene rings is 2. The predicted octanol–water partition coefficient (Wildman–Crippen LogP) is 4.42. The van der Waals surface area contributed by atoms with Gasteiger partial charge in [0.25, 0.3) is 0 Å². The summed E-state index contributed by atoms with van der Waals surface area (Å²) in [4.78, 5) is 8.77. The van der Waals surface area contributed by atoms with Crippen molar-refractivity contribution in [2.45, 2.75) is 0 Å². The van der Waals surface area contributed by atoms with Crippen molar-refractivity contribution in [1.29, 1.82) is 5.26 Å². The quantitative estimate of drug-likeness (QED) is 0.583. The summed E-state index contributed by atoms with van der Waals surface area (Å²) in [6.45, 7) is 0. The number of nitrogens with zero attached hydrogens (tertiary/aromatic N) is 3. The van der Waals surface area contributed by atoms with E-state index in [-0.39, 0.29) is 0 Å². The van der Waals surface area contributed by atoms with Gasteiger partial charge < -0.3 is 14.8 Å². The normalized spacial score (nSPS) is 10.6. The van der Waals surface area contributed by atoms with Crippen molar-refractivity contribution in [1.82, 2.24) is 9.97 Å². The zero-order valence-electron chi connectivity index (χ0n) is 14.9. The number of anilines is 2. The van der Waals surface area contributed by atoms with Crippen LogP contribution >= 0.6 is 0 Å². The van der Waals surface area contributed by atoms with Crippen LogP contribution in [-0.2, 0) is 0 Å². The number of hydrogen-bond donors (Lipinski definition) is 1. The number of nitrogens with one attached hydrogen (secondary N) is 1. The molecule has 0 aliphatic rings. The van der Waals surface area contributed by atoms with Crippen LogP contribution in [0.2, 0.25) is 0 Å². The molecule has 0 bridgehead atoms. The van der Waals surface area contributed by atoms with E-state index in [1.165, 1.54) is 0 Å². The number of hydrogen-bond acceptors (Lipinski definition) is 6. The zero-order valence-corrected chi connectivity index (χ0v) is 14.9. The van der Waals surface area contributed by atoms with Crippen molar-refractivity contribution in [3.8, 4) is 17.6 Å². The van der Waals surface area contributed by atoms with Gasteiger partial charge >= 0.3 is 0 Å². The molecule has 2 aromatic heterocycles. The molecule has 2 aromatic carbocycles. The Morgan fingerprint density at radius 2 is 1.74 bits per heavy atom. The molecule has 0 spiro atoms. The van der Waals surface area contributed by atoms with E-state index in [1.54, 1.807) is 32.7 Å². The van der Waals surface area contributed by atoms with Crippen LogP contribution in [0, 0.1) is 11.3 Å². The largest absolute Gasteiger partial charge is 0.493 e. The molecule has 0 amide bonds.